The summed E-state index contributed by atoms with van der Waals surface area (Å²) in [7, 11) is 0. The number of rotatable bonds is 3. The van der Waals surface area contributed by atoms with Crippen LogP contribution in [-0.4, -0.2) is 34.4 Å². The van der Waals surface area contributed by atoms with E-state index in [0.29, 0.717) is 0 Å². The third-order valence-electron chi connectivity index (χ3n) is 2.82. The first-order valence-corrected chi connectivity index (χ1v) is 8.74. The number of halogens is 3. The fourth-order valence-electron chi connectivity index (χ4n) is 1.73. The Hall–Kier alpha value is -1.55. The number of amides is 1. The summed E-state index contributed by atoms with van der Waals surface area (Å²) in [6, 6.07) is 4.22. The van der Waals surface area contributed by atoms with Crippen LogP contribution in [0.3, 0.4) is 0 Å². The van der Waals surface area contributed by atoms with E-state index < -0.39 is 17.8 Å². The van der Waals surface area contributed by atoms with Gasteiger partial charge in [0, 0.05) is 22.9 Å². The molecule has 0 saturated carbocycles. The molecule has 3 N–H and O–H groups in total. The summed E-state index contributed by atoms with van der Waals surface area (Å²) < 4.78 is 37.7. The van der Waals surface area contributed by atoms with Gasteiger partial charge < -0.3 is 5.73 Å². The summed E-state index contributed by atoms with van der Waals surface area (Å²) in [6.45, 7) is 0. The molecule has 1 amide bonds. The number of benzene rings is 1. The molecule has 1 fully saturated rings. The summed E-state index contributed by atoms with van der Waals surface area (Å²) in [4.78, 5) is 16.2. The third-order valence-corrected chi connectivity index (χ3v) is 5.60. The number of anilines is 1. The summed E-state index contributed by atoms with van der Waals surface area (Å²) >= 11 is 3.35. The van der Waals surface area contributed by atoms with Gasteiger partial charge in [0.2, 0.25) is 0 Å². The highest BCUT2D eigenvalue weighted by Crippen LogP contribution is 2.30. The van der Waals surface area contributed by atoms with Crippen LogP contribution in [0.4, 0.5) is 23.7 Å². The van der Waals surface area contributed by atoms with Crippen LogP contribution in [0.15, 0.2) is 29.4 Å². The lowest BCUT2D eigenvalue weighted by Gasteiger charge is -2.19. The number of amidine groups is 1. The molecule has 0 unspecified atom stereocenters. The quantitative estimate of drug-likeness (QED) is 0.372. The van der Waals surface area contributed by atoms with E-state index >= 15 is 0 Å². The normalized spacial score (nSPS) is 19.3. The van der Waals surface area contributed by atoms with E-state index in [4.69, 9.17) is 5.73 Å². The molecular formula is C13H14F3N3O2S2. The number of hydrogen-bond acceptors (Lipinski definition) is 5. The van der Waals surface area contributed by atoms with Gasteiger partial charge in [-0.05, 0) is 18.2 Å². The van der Waals surface area contributed by atoms with Crippen molar-refractivity contribution in [3.8, 4) is 0 Å². The molecule has 126 valence electrons. The highest BCUT2D eigenvalue weighted by molar-refractivity contribution is 8.07. The van der Waals surface area contributed by atoms with Crippen LogP contribution in [0.2, 0.25) is 0 Å². The Morgan fingerprint density at radius 2 is 2.17 bits per heavy atom. The minimum Gasteiger partial charge on any atom is -0.383 e. The Labute approximate surface area is 139 Å². The van der Waals surface area contributed by atoms with Crippen LogP contribution in [0, 0.1) is 0 Å². The zero-order valence-electron chi connectivity index (χ0n) is 11.8. The Bertz CT molecular complexity index is 590. The number of hydrogen-bond donors (Lipinski definition) is 2. The number of thioether (sulfide) groups is 2. The number of oxime groups is 1. The Kier molecular flexibility index (Phi) is 6.05. The van der Waals surface area contributed by atoms with Crippen molar-refractivity contribution in [1.29, 1.82) is 0 Å². The maximum absolute atomic E-state index is 12.6. The van der Waals surface area contributed by atoms with Crippen molar-refractivity contribution in [2.75, 3.05) is 22.6 Å². The fourth-order valence-corrected chi connectivity index (χ4v) is 4.31. The molecule has 0 spiro atoms. The Morgan fingerprint density at radius 1 is 1.39 bits per heavy atom. The molecule has 1 aromatic rings. The van der Waals surface area contributed by atoms with Crippen molar-refractivity contribution in [1.82, 2.24) is 0 Å². The van der Waals surface area contributed by atoms with Crippen molar-refractivity contribution in [3.63, 3.8) is 0 Å². The smallest absolute Gasteiger partial charge is 0.383 e. The van der Waals surface area contributed by atoms with Gasteiger partial charge in [0.15, 0.2) is 5.84 Å². The van der Waals surface area contributed by atoms with E-state index in [1.54, 1.807) is 23.5 Å². The average Bonchev–Trinajstić information content (AvgIpc) is 2.53. The molecular weight excluding hydrogens is 351 g/mol. The van der Waals surface area contributed by atoms with Crippen molar-refractivity contribution in [3.05, 3.63) is 29.8 Å². The van der Waals surface area contributed by atoms with Crippen molar-refractivity contribution in [2.45, 2.75) is 11.4 Å². The second-order valence-electron chi connectivity index (χ2n) is 4.53. The number of nitrogens with zero attached hydrogens (tertiary/aromatic N) is 1. The van der Waals surface area contributed by atoms with Gasteiger partial charge in [-0.1, -0.05) is 11.2 Å². The fraction of sp³-hybridized carbons (Fsp3) is 0.385. The van der Waals surface area contributed by atoms with Gasteiger partial charge in [0.1, 0.15) is 0 Å². The molecule has 5 nitrogen and oxygen atoms in total. The minimum absolute atomic E-state index is 0.0323. The monoisotopic (exact) mass is 365 g/mol. The standard InChI is InChI=1S/C13H14F3N3O2S2/c14-13(15,16)8-2-1-3-9(6-8)18-12(20)21-19-11(17)10-7-22-4-5-23-10/h1-3,6,10H,4-5,7H2,(H2,17,19)(H,18,20)/t10-/m0/s1. The van der Waals surface area contributed by atoms with Crippen LogP contribution in [0.5, 0.6) is 0 Å². The van der Waals surface area contributed by atoms with E-state index in [2.05, 4.69) is 15.3 Å². The zero-order valence-corrected chi connectivity index (χ0v) is 13.4. The lowest BCUT2D eigenvalue weighted by molar-refractivity contribution is -0.137. The average molecular weight is 365 g/mol. The van der Waals surface area contributed by atoms with E-state index in [0.717, 1.165) is 29.4 Å². The molecule has 1 heterocycles. The number of carbonyl (C=O) groups excluding carboxylic acids is 1. The van der Waals surface area contributed by atoms with Gasteiger partial charge in [-0.15, -0.1) is 11.8 Å². The van der Waals surface area contributed by atoms with Gasteiger partial charge in [0.25, 0.3) is 0 Å². The predicted octanol–water partition coefficient (Wildman–Crippen LogP) is 3.37. The topological polar surface area (TPSA) is 76.7 Å². The molecule has 0 aromatic heterocycles. The minimum atomic E-state index is -4.49. The van der Waals surface area contributed by atoms with Crippen LogP contribution in [-0.2, 0) is 11.0 Å². The zero-order chi connectivity index (χ0) is 16.9. The van der Waals surface area contributed by atoms with Gasteiger partial charge in [-0.25, -0.2) is 4.79 Å². The summed E-state index contributed by atoms with van der Waals surface area (Å²) in [5.74, 6) is 2.92. The maximum atomic E-state index is 12.6. The van der Waals surface area contributed by atoms with Crippen molar-refractivity contribution >= 4 is 41.1 Å². The SMILES string of the molecule is N/C(=N/OC(=O)Nc1cccc(C(F)(F)F)c1)[C@@H]1CSCCS1. The van der Waals surface area contributed by atoms with Gasteiger partial charge >= 0.3 is 12.3 Å². The summed E-state index contributed by atoms with van der Waals surface area (Å²) in [5.41, 5.74) is 4.83. The van der Waals surface area contributed by atoms with Crippen LogP contribution < -0.4 is 11.1 Å². The Balaban J connectivity index is 1.92. The third kappa shape index (κ3) is 5.54. The molecule has 10 heteroatoms. The molecule has 1 atom stereocenters. The van der Waals surface area contributed by atoms with Gasteiger partial charge in [-0.2, -0.15) is 24.9 Å². The van der Waals surface area contributed by atoms with Crippen LogP contribution in [0.1, 0.15) is 5.56 Å². The molecule has 2 rings (SSSR count). The van der Waals surface area contributed by atoms with E-state index in [1.165, 1.54) is 12.1 Å². The molecule has 1 aliphatic rings. The van der Waals surface area contributed by atoms with Crippen LogP contribution >= 0.6 is 23.5 Å². The molecule has 1 aromatic carbocycles. The first-order valence-electron chi connectivity index (χ1n) is 6.54. The van der Waals surface area contributed by atoms with Crippen molar-refractivity contribution in [2.24, 2.45) is 10.9 Å². The largest absolute Gasteiger partial charge is 0.437 e. The lowest BCUT2D eigenvalue weighted by Crippen LogP contribution is -2.31. The molecule has 1 saturated heterocycles. The molecule has 0 radical (unpaired) electrons. The number of nitrogens with one attached hydrogen (secondary N) is 1. The van der Waals surface area contributed by atoms with E-state index in [-0.39, 0.29) is 16.8 Å². The molecule has 23 heavy (non-hydrogen) atoms. The van der Waals surface area contributed by atoms with Gasteiger partial charge in [-0.3, -0.25) is 10.2 Å². The van der Waals surface area contributed by atoms with E-state index in [1.807, 2.05) is 0 Å². The predicted molar refractivity (Wildman–Crippen MR) is 86.7 cm³/mol. The molecule has 0 aliphatic carbocycles. The molecule has 1 aliphatic heterocycles. The van der Waals surface area contributed by atoms with Crippen LogP contribution in [0.25, 0.3) is 0 Å². The highest BCUT2D eigenvalue weighted by Gasteiger charge is 2.30. The van der Waals surface area contributed by atoms with Crippen molar-refractivity contribution < 1.29 is 22.8 Å². The molecule has 0 bridgehead atoms. The summed E-state index contributed by atoms with van der Waals surface area (Å²) in [6.07, 6.45) is -5.49. The highest BCUT2D eigenvalue weighted by atomic mass is 32.2. The lowest BCUT2D eigenvalue weighted by atomic mass is 10.2. The number of nitrogens with two attached hydrogens (primary N) is 1. The van der Waals surface area contributed by atoms with Gasteiger partial charge in [0.05, 0.1) is 10.8 Å². The Morgan fingerprint density at radius 3 is 2.83 bits per heavy atom. The summed E-state index contributed by atoms with van der Waals surface area (Å²) in [5, 5.41) is 5.69. The first kappa shape index (κ1) is 17.8. The first-order chi connectivity index (χ1) is 10.9. The van der Waals surface area contributed by atoms with E-state index in [9.17, 15) is 18.0 Å². The second kappa shape index (κ2) is 7.82. The second-order valence-corrected chi connectivity index (χ2v) is 6.99. The maximum Gasteiger partial charge on any atom is 0.437 e. The number of alkyl halides is 3. The number of carbonyl (C=O) groups is 1.